The fraction of sp³-hybridized carbons (Fsp3) is 0.667. The Hall–Kier alpha value is -0.590. The van der Waals surface area contributed by atoms with Gasteiger partial charge < -0.3 is 4.79 Å². The average molecular weight is 138 g/mol. The standard InChI is InChI=1S/C9H14O/c1-8-3-5-9(2,7-10)6-4-8/h3,7H,4-6H2,1-2H3. The van der Waals surface area contributed by atoms with Crippen molar-refractivity contribution in [3.05, 3.63) is 11.6 Å². The van der Waals surface area contributed by atoms with Crippen molar-refractivity contribution in [2.24, 2.45) is 5.41 Å². The lowest BCUT2D eigenvalue weighted by atomic mass is 9.78. The number of aldehydes is 1. The third-order valence-corrected chi connectivity index (χ3v) is 2.29. The highest BCUT2D eigenvalue weighted by molar-refractivity contribution is 5.59. The summed E-state index contributed by atoms with van der Waals surface area (Å²) in [4.78, 5) is 10.6. The molecule has 0 aliphatic heterocycles. The maximum atomic E-state index is 10.6. The van der Waals surface area contributed by atoms with Gasteiger partial charge in [-0.05, 0) is 26.2 Å². The van der Waals surface area contributed by atoms with Crippen LogP contribution in [-0.2, 0) is 4.79 Å². The van der Waals surface area contributed by atoms with Gasteiger partial charge in [0.05, 0.1) is 0 Å². The first-order chi connectivity index (χ1) is 4.66. The van der Waals surface area contributed by atoms with E-state index in [-0.39, 0.29) is 5.41 Å². The van der Waals surface area contributed by atoms with E-state index in [1.807, 2.05) is 6.92 Å². The molecule has 0 saturated carbocycles. The van der Waals surface area contributed by atoms with Crippen LogP contribution in [0.2, 0.25) is 0 Å². The Bertz CT molecular complexity index is 170. The minimum Gasteiger partial charge on any atom is -0.303 e. The summed E-state index contributed by atoms with van der Waals surface area (Å²) < 4.78 is 0. The lowest BCUT2D eigenvalue weighted by Crippen LogP contribution is -2.20. The summed E-state index contributed by atoms with van der Waals surface area (Å²) in [6.45, 7) is 4.16. The molecule has 0 bridgehead atoms. The summed E-state index contributed by atoms with van der Waals surface area (Å²) in [5.41, 5.74) is 1.37. The van der Waals surface area contributed by atoms with Crippen LogP contribution in [0.15, 0.2) is 11.6 Å². The van der Waals surface area contributed by atoms with Gasteiger partial charge in [-0.2, -0.15) is 0 Å². The van der Waals surface area contributed by atoms with Crippen LogP contribution in [0.5, 0.6) is 0 Å². The Morgan fingerprint density at radius 3 is 2.80 bits per heavy atom. The van der Waals surface area contributed by atoms with Crippen molar-refractivity contribution >= 4 is 6.29 Å². The third kappa shape index (κ3) is 1.47. The lowest BCUT2D eigenvalue weighted by Gasteiger charge is -2.25. The van der Waals surface area contributed by atoms with E-state index in [2.05, 4.69) is 13.0 Å². The molecule has 0 fully saturated rings. The molecule has 0 amide bonds. The molecule has 1 atom stereocenters. The van der Waals surface area contributed by atoms with Gasteiger partial charge in [0.2, 0.25) is 0 Å². The fourth-order valence-electron chi connectivity index (χ4n) is 1.20. The summed E-state index contributed by atoms with van der Waals surface area (Å²) in [5.74, 6) is 0. The zero-order chi connectivity index (χ0) is 7.61. The van der Waals surface area contributed by atoms with E-state index in [1.54, 1.807) is 0 Å². The van der Waals surface area contributed by atoms with Crippen molar-refractivity contribution in [3.63, 3.8) is 0 Å². The van der Waals surface area contributed by atoms with Crippen molar-refractivity contribution in [2.45, 2.75) is 33.1 Å². The SMILES string of the molecule is CC1=CCC(C)(C=O)CC1. The summed E-state index contributed by atoms with van der Waals surface area (Å²) in [6.07, 6.45) is 6.32. The molecule has 0 N–H and O–H groups in total. The molecule has 0 aromatic heterocycles. The molecule has 1 nitrogen and oxygen atoms in total. The van der Waals surface area contributed by atoms with Crippen LogP contribution in [-0.4, -0.2) is 6.29 Å². The normalized spacial score (nSPS) is 33.2. The highest BCUT2D eigenvalue weighted by Crippen LogP contribution is 2.32. The Labute approximate surface area is 62.1 Å². The minimum atomic E-state index is -0.0560. The molecule has 0 aromatic rings. The zero-order valence-electron chi connectivity index (χ0n) is 6.68. The monoisotopic (exact) mass is 138 g/mol. The maximum Gasteiger partial charge on any atom is 0.126 e. The van der Waals surface area contributed by atoms with Crippen LogP contribution in [0, 0.1) is 5.41 Å². The molecule has 0 spiro atoms. The van der Waals surface area contributed by atoms with Crippen LogP contribution in [0.1, 0.15) is 33.1 Å². The first kappa shape index (κ1) is 7.52. The van der Waals surface area contributed by atoms with E-state index >= 15 is 0 Å². The van der Waals surface area contributed by atoms with Gasteiger partial charge >= 0.3 is 0 Å². The van der Waals surface area contributed by atoms with Gasteiger partial charge in [0.1, 0.15) is 6.29 Å². The van der Waals surface area contributed by atoms with Gasteiger partial charge in [-0.25, -0.2) is 0 Å². The van der Waals surface area contributed by atoms with Gasteiger partial charge in [-0.1, -0.05) is 18.6 Å². The van der Waals surface area contributed by atoms with Gasteiger partial charge in [-0.3, -0.25) is 0 Å². The molecule has 0 aromatic carbocycles. The lowest BCUT2D eigenvalue weighted by molar-refractivity contribution is -0.115. The molecule has 1 unspecified atom stereocenters. The quantitative estimate of drug-likeness (QED) is 0.401. The predicted octanol–water partition coefficient (Wildman–Crippen LogP) is 2.32. The Morgan fingerprint density at radius 2 is 2.40 bits per heavy atom. The zero-order valence-corrected chi connectivity index (χ0v) is 6.68. The molecule has 0 radical (unpaired) electrons. The van der Waals surface area contributed by atoms with Gasteiger partial charge in [0.25, 0.3) is 0 Å². The smallest absolute Gasteiger partial charge is 0.126 e. The Kier molecular flexibility index (Phi) is 1.93. The number of carbonyl (C=O) groups is 1. The largest absolute Gasteiger partial charge is 0.303 e. The Balaban J connectivity index is 2.64. The fourth-order valence-corrected chi connectivity index (χ4v) is 1.20. The predicted molar refractivity (Wildman–Crippen MR) is 41.8 cm³/mol. The molecule has 1 rings (SSSR count). The van der Waals surface area contributed by atoms with Crippen molar-refractivity contribution < 1.29 is 4.79 Å². The van der Waals surface area contributed by atoms with Crippen LogP contribution in [0.3, 0.4) is 0 Å². The van der Waals surface area contributed by atoms with Crippen molar-refractivity contribution in [3.8, 4) is 0 Å². The second-order valence-corrected chi connectivity index (χ2v) is 3.53. The molecule has 0 heterocycles. The van der Waals surface area contributed by atoms with Crippen LogP contribution in [0.25, 0.3) is 0 Å². The molecular formula is C9H14O. The first-order valence-corrected chi connectivity index (χ1v) is 3.78. The van der Waals surface area contributed by atoms with Gasteiger partial charge in [0, 0.05) is 5.41 Å². The van der Waals surface area contributed by atoms with Crippen LogP contribution in [0.4, 0.5) is 0 Å². The number of carbonyl (C=O) groups excluding carboxylic acids is 1. The van der Waals surface area contributed by atoms with Crippen molar-refractivity contribution in [2.75, 3.05) is 0 Å². The number of hydrogen-bond acceptors (Lipinski definition) is 1. The molecule has 1 aliphatic rings. The van der Waals surface area contributed by atoms with Crippen LogP contribution >= 0.6 is 0 Å². The summed E-state index contributed by atoms with van der Waals surface area (Å²) in [7, 11) is 0. The van der Waals surface area contributed by atoms with Crippen LogP contribution < -0.4 is 0 Å². The second-order valence-electron chi connectivity index (χ2n) is 3.53. The highest BCUT2D eigenvalue weighted by Gasteiger charge is 2.24. The van der Waals surface area contributed by atoms with E-state index in [1.165, 1.54) is 5.57 Å². The number of hydrogen-bond donors (Lipinski definition) is 0. The summed E-state index contributed by atoms with van der Waals surface area (Å²) in [5, 5.41) is 0. The number of rotatable bonds is 1. The van der Waals surface area contributed by atoms with E-state index in [9.17, 15) is 4.79 Å². The maximum absolute atomic E-state index is 10.6. The highest BCUT2D eigenvalue weighted by atomic mass is 16.1. The molecule has 1 aliphatic carbocycles. The number of allylic oxidation sites excluding steroid dienone is 2. The van der Waals surface area contributed by atoms with Gasteiger partial charge in [-0.15, -0.1) is 0 Å². The van der Waals surface area contributed by atoms with E-state index in [0.717, 1.165) is 25.5 Å². The van der Waals surface area contributed by atoms with E-state index < -0.39 is 0 Å². The summed E-state index contributed by atoms with van der Waals surface area (Å²) in [6, 6.07) is 0. The van der Waals surface area contributed by atoms with Gasteiger partial charge in [0.15, 0.2) is 0 Å². The van der Waals surface area contributed by atoms with Crippen molar-refractivity contribution in [1.82, 2.24) is 0 Å². The minimum absolute atomic E-state index is 0.0560. The Morgan fingerprint density at radius 1 is 1.70 bits per heavy atom. The molecule has 56 valence electrons. The third-order valence-electron chi connectivity index (χ3n) is 2.29. The average Bonchev–Trinajstić information content (AvgIpc) is 1.96. The molecule has 0 saturated heterocycles. The molecular weight excluding hydrogens is 124 g/mol. The van der Waals surface area contributed by atoms with Crippen molar-refractivity contribution in [1.29, 1.82) is 0 Å². The first-order valence-electron chi connectivity index (χ1n) is 3.78. The second kappa shape index (κ2) is 2.57. The topological polar surface area (TPSA) is 17.1 Å². The molecule has 1 heteroatoms. The molecule has 10 heavy (non-hydrogen) atoms. The van der Waals surface area contributed by atoms with E-state index in [0.29, 0.717) is 0 Å². The van der Waals surface area contributed by atoms with E-state index in [4.69, 9.17) is 0 Å². The summed E-state index contributed by atoms with van der Waals surface area (Å²) >= 11 is 0.